The van der Waals surface area contributed by atoms with Gasteiger partial charge in [-0.1, -0.05) is 25.1 Å². The SMILES string of the molecule is CCc1cccc2c(CC(=O)NC3(C(=O)O)CC3)c[nH]c12. The summed E-state index contributed by atoms with van der Waals surface area (Å²) in [6.07, 6.45) is 3.99. The quantitative estimate of drug-likeness (QED) is 0.786. The summed E-state index contributed by atoms with van der Waals surface area (Å²) in [5.41, 5.74) is 2.15. The van der Waals surface area contributed by atoms with Crippen molar-refractivity contribution < 1.29 is 14.7 Å². The molecule has 0 saturated heterocycles. The molecule has 1 heterocycles. The lowest BCUT2D eigenvalue weighted by Gasteiger charge is -2.12. The van der Waals surface area contributed by atoms with Crippen LogP contribution < -0.4 is 5.32 Å². The van der Waals surface area contributed by atoms with Gasteiger partial charge in [-0.25, -0.2) is 4.79 Å². The van der Waals surface area contributed by atoms with Crippen molar-refractivity contribution >= 4 is 22.8 Å². The monoisotopic (exact) mass is 286 g/mol. The molecule has 21 heavy (non-hydrogen) atoms. The van der Waals surface area contributed by atoms with Gasteiger partial charge in [0, 0.05) is 17.1 Å². The van der Waals surface area contributed by atoms with Crippen molar-refractivity contribution in [2.45, 2.75) is 38.1 Å². The molecule has 110 valence electrons. The van der Waals surface area contributed by atoms with Crippen LogP contribution in [0.25, 0.3) is 10.9 Å². The minimum Gasteiger partial charge on any atom is -0.480 e. The lowest BCUT2D eigenvalue weighted by molar-refractivity contribution is -0.143. The number of benzene rings is 1. The van der Waals surface area contributed by atoms with Gasteiger partial charge in [-0.05, 0) is 30.4 Å². The topological polar surface area (TPSA) is 82.2 Å². The molecule has 2 aromatic rings. The Kier molecular flexibility index (Phi) is 3.20. The van der Waals surface area contributed by atoms with E-state index in [9.17, 15) is 9.59 Å². The van der Waals surface area contributed by atoms with E-state index in [0.717, 1.165) is 22.9 Å². The Morgan fingerprint density at radius 3 is 2.71 bits per heavy atom. The molecule has 0 spiro atoms. The molecule has 1 aliphatic carbocycles. The van der Waals surface area contributed by atoms with Crippen LogP contribution in [0, 0.1) is 0 Å². The fraction of sp³-hybridized carbons (Fsp3) is 0.375. The van der Waals surface area contributed by atoms with Crippen molar-refractivity contribution in [2.24, 2.45) is 0 Å². The molecule has 0 aliphatic heterocycles. The number of carboxylic acids is 1. The molecule has 1 amide bonds. The van der Waals surface area contributed by atoms with Gasteiger partial charge in [0.2, 0.25) is 5.91 Å². The Balaban J connectivity index is 1.79. The molecule has 1 fully saturated rings. The number of para-hydroxylation sites is 1. The van der Waals surface area contributed by atoms with Crippen LogP contribution in [0.3, 0.4) is 0 Å². The molecule has 0 bridgehead atoms. The van der Waals surface area contributed by atoms with Crippen molar-refractivity contribution in [3.05, 3.63) is 35.5 Å². The number of aromatic amines is 1. The number of hydrogen-bond donors (Lipinski definition) is 3. The van der Waals surface area contributed by atoms with Gasteiger partial charge in [-0.2, -0.15) is 0 Å². The summed E-state index contributed by atoms with van der Waals surface area (Å²) in [6, 6.07) is 6.03. The van der Waals surface area contributed by atoms with E-state index in [1.165, 1.54) is 5.56 Å². The van der Waals surface area contributed by atoms with Crippen LogP contribution in [0.2, 0.25) is 0 Å². The van der Waals surface area contributed by atoms with Crippen molar-refractivity contribution in [1.29, 1.82) is 0 Å². The van der Waals surface area contributed by atoms with Crippen molar-refractivity contribution in [3.8, 4) is 0 Å². The molecule has 0 unspecified atom stereocenters. The number of amides is 1. The molecule has 0 radical (unpaired) electrons. The number of carbonyl (C=O) groups excluding carboxylic acids is 1. The number of aryl methyl sites for hydroxylation is 1. The summed E-state index contributed by atoms with van der Waals surface area (Å²) in [5.74, 6) is -1.18. The minimum absolute atomic E-state index is 0.197. The second-order valence-corrected chi connectivity index (χ2v) is 5.62. The third kappa shape index (κ3) is 2.39. The van der Waals surface area contributed by atoms with Gasteiger partial charge in [0.1, 0.15) is 5.54 Å². The molecule has 1 aliphatic rings. The van der Waals surface area contributed by atoms with Crippen LogP contribution in [-0.4, -0.2) is 27.5 Å². The van der Waals surface area contributed by atoms with E-state index >= 15 is 0 Å². The maximum atomic E-state index is 12.1. The van der Waals surface area contributed by atoms with Gasteiger partial charge >= 0.3 is 5.97 Å². The summed E-state index contributed by atoms with van der Waals surface area (Å²) in [5, 5.41) is 12.8. The number of carboxylic acid groups (broad SMARTS) is 1. The highest BCUT2D eigenvalue weighted by atomic mass is 16.4. The Morgan fingerprint density at radius 2 is 2.10 bits per heavy atom. The Labute approximate surface area is 122 Å². The van der Waals surface area contributed by atoms with E-state index in [1.54, 1.807) is 0 Å². The third-order valence-electron chi connectivity index (χ3n) is 4.16. The van der Waals surface area contributed by atoms with Crippen molar-refractivity contribution in [1.82, 2.24) is 10.3 Å². The van der Waals surface area contributed by atoms with Crippen LogP contribution in [0.1, 0.15) is 30.9 Å². The van der Waals surface area contributed by atoms with Crippen LogP contribution >= 0.6 is 0 Å². The second-order valence-electron chi connectivity index (χ2n) is 5.62. The second kappa shape index (κ2) is 4.91. The van der Waals surface area contributed by atoms with Crippen molar-refractivity contribution in [3.63, 3.8) is 0 Å². The zero-order valence-corrected chi connectivity index (χ0v) is 11.9. The Hall–Kier alpha value is -2.30. The summed E-state index contributed by atoms with van der Waals surface area (Å²) >= 11 is 0. The number of aliphatic carboxylic acids is 1. The van der Waals surface area contributed by atoms with Gasteiger partial charge in [0.25, 0.3) is 0 Å². The lowest BCUT2D eigenvalue weighted by atomic mass is 10.1. The lowest BCUT2D eigenvalue weighted by Crippen LogP contribution is -2.43. The van der Waals surface area contributed by atoms with E-state index < -0.39 is 11.5 Å². The molecule has 1 aromatic heterocycles. The number of rotatable bonds is 5. The standard InChI is InChI=1S/C16H18N2O3/c1-2-10-4-3-5-12-11(9-17-14(10)12)8-13(19)18-16(6-7-16)15(20)21/h3-5,9,17H,2,6-8H2,1H3,(H,18,19)(H,20,21). The van der Waals surface area contributed by atoms with E-state index in [2.05, 4.69) is 23.3 Å². The molecular formula is C16H18N2O3. The molecule has 1 aromatic carbocycles. The van der Waals surface area contributed by atoms with Crippen LogP contribution in [-0.2, 0) is 22.4 Å². The zero-order chi connectivity index (χ0) is 15.0. The van der Waals surface area contributed by atoms with Gasteiger partial charge in [0.05, 0.1) is 6.42 Å². The average molecular weight is 286 g/mol. The fourth-order valence-corrected chi connectivity index (χ4v) is 2.72. The number of hydrogen-bond acceptors (Lipinski definition) is 2. The highest BCUT2D eigenvalue weighted by molar-refractivity contribution is 5.93. The number of nitrogens with one attached hydrogen (secondary N) is 2. The maximum absolute atomic E-state index is 12.1. The number of H-pyrrole nitrogens is 1. The highest BCUT2D eigenvalue weighted by Crippen LogP contribution is 2.35. The van der Waals surface area contributed by atoms with Gasteiger partial charge < -0.3 is 15.4 Å². The Bertz CT molecular complexity index is 713. The van der Waals surface area contributed by atoms with Crippen LogP contribution in [0.5, 0.6) is 0 Å². The van der Waals surface area contributed by atoms with E-state index in [0.29, 0.717) is 12.8 Å². The first kappa shape index (κ1) is 13.7. The summed E-state index contributed by atoms with van der Waals surface area (Å²) in [4.78, 5) is 26.4. The summed E-state index contributed by atoms with van der Waals surface area (Å²) in [7, 11) is 0. The zero-order valence-electron chi connectivity index (χ0n) is 11.9. The predicted molar refractivity (Wildman–Crippen MR) is 79.1 cm³/mol. The largest absolute Gasteiger partial charge is 0.480 e. The minimum atomic E-state index is -1.02. The predicted octanol–water partition coefficient (Wildman–Crippen LogP) is 2.01. The first-order valence-electron chi connectivity index (χ1n) is 7.18. The first-order chi connectivity index (χ1) is 10.1. The summed E-state index contributed by atoms with van der Waals surface area (Å²) in [6.45, 7) is 2.09. The third-order valence-corrected chi connectivity index (χ3v) is 4.16. The number of fused-ring (bicyclic) bond motifs is 1. The van der Waals surface area contributed by atoms with Gasteiger partial charge in [-0.15, -0.1) is 0 Å². The smallest absolute Gasteiger partial charge is 0.329 e. The molecule has 0 atom stereocenters. The first-order valence-corrected chi connectivity index (χ1v) is 7.18. The maximum Gasteiger partial charge on any atom is 0.329 e. The molecule has 5 nitrogen and oxygen atoms in total. The molecule has 5 heteroatoms. The molecule has 3 N–H and O–H groups in total. The van der Waals surface area contributed by atoms with Gasteiger partial charge in [-0.3, -0.25) is 4.79 Å². The molecule has 3 rings (SSSR count). The average Bonchev–Trinajstić information content (AvgIpc) is 3.13. The van der Waals surface area contributed by atoms with E-state index in [4.69, 9.17) is 5.11 Å². The summed E-state index contributed by atoms with van der Waals surface area (Å²) < 4.78 is 0. The number of aromatic nitrogens is 1. The molecular weight excluding hydrogens is 268 g/mol. The van der Waals surface area contributed by atoms with E-state index in [-0.39, 0.29) is 12.3 Å². The highest BCUT2D eigenvalue weighted by Gasteiger charge is 2.51. The Morgan fingerprint density at radius 1 is 1.33 bits per heavy atom. The van der Waals surface area contributed by atoms with Crippen molar-refractivity contribution in [2.75, 3.05) is 0 Å². The van der Waals surface area contributed by atoms with E-state index in [1.807, 2.05) is 18.3 Å². The van der Waals surface area contributed by atoms with Crippen LogP contribution in [0.15, 0.2) is 24.4 Å². The normalized spacial score (nSPS) is 15.9. The molecule has 1 saturated carbocycles. The number of carbonyl (C=O) groups is 2. The van der Waals surface area contributed by atoms with Gasteiger partial charge in [0.15, 0.2) is 0 Å². The fourth-order valence-electron chi connectivity index (χ4n) is 2.72. The van der Waals surface area contributed by atoms with Crippen LogP contribution in [0.4, 0.5) is 0 Å².